The van der Waals surface area contributed by atoms with Crippen LogP contribution in [0.15, 0.2) is 30.3 Å². The van der Waals surface area contributed by atoms with Gasteiger partial charge in [0.05, 0.1) is 30.9 Å². The Bertz CT molecular complexity index is 1020. The van der Waals surface area contributed by atoms with E-state index >= 15 is 0 Å². The van der Waals surface area contributed by atoms with E-state index in [4.69, 9.17) is 18.9 Å². The van der Waals surface area contributed by atoms with Crippen molar-refractivity contribution in [3.63, 3.8) is 0 Å². The summed E-state index contributed by atoms with van der Waals surface area (Å²) in [6.07, 6.45) is 0. The second-order valence-corrected chi connectivity index (χ2v) is 8.46. The van der Waals surface area contributed by atoms with Gasteiger partial charge in [-0.1, -0.05) is 0 Å². The minimum atomic E-state index is -0.647. The molecule has 0 saturated heterocycles. The predicted molar refractivity (Wildman–Crippen MR) is 132 cm³/mol. The summed E-state index contributed by atoms with van der Waals surface area (Å²) < 4.78 is 23.1. The predicted octanol–water partition coefficient (Wildman–Crippen LogP) is 4.91. The summed E-state index contributed by atoms with van der Waals surface area (Å²) in [6, 6.07) is 8.59. The third-order valence-corrected chi connectivity index (χ3v) is 5.41. The van der Waals surface area contributed by atoms with Crippen LogP contribution in [0.25, 0.3) is 0 Å². The van der Waals surface area contributed by atoms with Crippen molar-refractivity contribution in [1.82, 2.24) is 0 Å². The van der Waals surface area contributed by atoms with Gasteiger partial charge in [-0.05, 0) is 65.8 Å². The Hall–Kier alpha value is -3.42. The third kappa shape index (κ3) is 5.21. The summed E-state index contributed by atoms with van der Waals surface area (Å²) in [6.45, 7) is 13.3. The van der Waals surface area contributed by atoms with Gasteiger partial charge in [0.25, 0.3) is 5.91 Å². The number of hydrogen-bond donors (Lipinski definition) is 1. The van der Waals surface area contributed by atoms with E-state index < -0.39 is 5.41 Å². The van der Waals surface area contributed by atoms with Crippen LogP contribution in [-0.2, 0) is 4.79 Å². The van der Waals surface area contributed by atoms with Gasteiger partial charge in [-0.15, -0.1) is 0 Å². The molecule has 34 heavy (non-hydrogen) atoms. The number of hydrogen-bond acceptors (Lipinski definition) is 6. The standard InChI is InChI=1S/C26H34N2O6/c1-7-28-19-12-11-18(15-20(19)34-16-26(5,6)25(28)30)27-24(29)17-13-21(31-8-2)23(33-10-4)22(14-17)32-9-3/h11-15H,7-10,16H2,1-6H3,(H,27,29). The quantitative estimate of drug-likeness (QED) is 0.561. The number of amides is 2. The van der Waals surface area contributed by atoms with Crippen LogP contribution in [0.2, 0.25) is 0 Å². The molecular weight excluding hydrogens is 436 g/mol. The van der Waals surface area contributed by atoms with Crippen molar-refractivity contribution >= 4 is 23.2 Å². The Labute approximate surface area is 201 Å². The fourth-order valence-corrected chi connectivity index (χ4v) is 3.76. The van der Waals surface area contributed by atoms with Crippen LogP contribution in [0.3, 0.4) is 0 Å². The molecule has 2 aromatic rings. The van der Waals surface area contributed by atoms with Crippen LogP contribution in [-0.4, -0.2) is 44.8 Å². The van der Waals surface area contributed by atoms with Crippen molar-refractivity contribution in [2.75, 3.05) is 43.2 Å². The van der Waals surface area contributed by atoms with Gasteiger partial charge in [0.1, 0.15) is 12.4 Å². The molecule has 0 unspecified atom stereocenters. The lowest BCUT2D eigenvalue weighted by Crippen LogP contribution is -2.42. The van der Waals surface area contributed by atoms with Crippen LogP contribution >= 0.6 is 0 Å². The van der Waals surface area contributed by atoms with E-state index in [-0.39, 0.29) is 18.4 Å². The Morgan fingerprint density at radius 2 is 1.62 bits per heavy atom. The highest BCUT2D eigenvalue weighted by molar-refractivity contribution is 6.06. The first-order valence-corrected chi connectivity index (χ1v) is 11.7. The zero-order chi connectivity index (χ0) is 24.9. The number of nitrogens with one attached hydrogen (secondary N) is 1. The molecule has 0 radical (unpaired) electrons. The van der Waals surface area contributed by atoms with Gasteiger partial charge in [-0.3, -0.25) is 9.59 Å². The minimum absolute atomic E-state index is 0.00632. The molecule has 3 rings (SSSR count). The van der Waals surface area contributed by atoms with Crippen molar-refractivity contribution < 1.29 is 28.5 Å². The summed E-state index contributed by atoms with van der Waals surface area (Å²) in [4.78, 5) is 27.7. The van der Waals surface area contributed by atoms with E-state index in [9.17, 15) is 9.59 Å². The maximum absolute atomic E-state index is 13.1. The van der Waals surface area contributed by atoms with Crippen LogP contribution in [0, 0.1) is 5.41 Å². The average molecular weight is 471 g/mol. The lowest BCUT2D eigenvalue weighted by atomic mass is 9.93. The van der Waals surface area contributed by atoms with E-state index in [2.05, 4.69) is 5.32 Å². The van der Waals surface area contributed by atoms with E-state index in [1.54, 1.807) is 35.2 Å². The molecular formula is C26H34N2O6. The van der Waals surface area contributed by atoms with Crippen LogP contribution in [0.1, 0.15) is 51.9 Å². The molecule has 1 aliphatic rings. The zero-order valence-electron chi connectivity index (χ0n) is 20.8. The van der Waals surface area contributed by atoms with Gasteiger partial charge in [-0.2, -0.15) is 0 Å². The van der Waals surface area contributed by atoms with Crippen LogP contribution < -0.4 is 29.2 Å². The van der Waals surface area contributed by atoms with Crippen molar-refractivity contribution in [1.29, 1.82) is 0 Å². The highest BCUT2D eigenvalue weighted by atomic mass is 16.5. The van der Waals surface area contributed by atoms with Gasteiger partial charge in [-0.25, -0.2) is 0 Å². The molecule has 184 valence electrons. The summed E-state index contributed by atoms with van der Waals surface area (Å²) >= 11 is 0. The maximum atomic E-state index is 13.1. The first-order valence-electron chi connectivity index (χ1n) is 11.7. The van der Waals surface area contributed by atoms with Crippen molar-refractivity contribution in [3.05, 3.63) is 35.9 Å². The van der Waals surface area contributed by atoms with Crippen LogP contribution in [0.4, 0.5) is 11.4 Å². The van der Waals surface area contributed by atoms with Gasteiger partial charge in [0.15, 0.2) is 11.5 Å². The minimum Gasteiger partial charge on any atom is -0.490 e. The molecule has 0 saturated carbocycles. The highest BCUT2D eigenvalue weighted by Gasteiger charge is 2.37. The lowest BCUT2D eigenvalue weighted by molar-refractivity contribution is -0.127. The molecule has 1 heterocycles. The Morgan fingerprint density at radius 1 is 1.00 bits per heavy atom. The summed E-state index contributed by atoms with van der Waals surface area (Å²) in [7, 11) is 0. The third-order valence-electron chi connectivity index (χ3n) is 5.41. The molecule has 1 aliphatic heterocycles. The molecule has 2 aromatic carbocycles. The molecule has 8 nitrogen and oxygen atoms in total. The van der Waals surface area contributed by atoms with Crippen molar-refractivity contribution in [2.45, 2.75) is 41.5 Å². The van der Waals surface area contributed by atoms with Gasteiger partial charge in [0.2, 0.25) is 11.7 Å². The van der Waals surface area contributed by atoms with E-state index in [0.29, 0.717) is 66.3 Å². The first-order chi connectivity index (χ1) is 16.2. The largest absolute Gasteiger partial charge is 0.490 e. The molecule has 1 N–H and O–H groups in total. The number of carbonyl (C=O) groups is 2. The molecule has 0 aromatic heterocycles. The molecule has 2 amide bonds. The maximum Gasteiger partial charge on any atom is 0.255 e. The number of anilines is 2. The van der Waals surface area contributed by atoms with E-state index in [0.717, 1.165) is 0 Å². The summed E-state index contributed by atoms with van der Waals surface area (Å²) in [5, 5.41) is 2.91. The Kier molecular flexibility index (Phi) is 7.91. The monoisotopic (exact) mass is 470 g/mol. The Morgan fingerprint density at radius 3 is 2.18 bits per heavy atom. The Balaban J connectivity index is 1.92. The fraction of sp³-hybridized carbons (Fsp3) is 0.462. The molecule has 8 heteroatoms. The zero-order valence-corrected chi connectivity index (χ0v) is 20.8. The first kappa shape index (κ1) is 25.2. The second kappa shape index (κ2) is 10.7. The van der Waals surface area contributed by atoms with Gasteiger partial charge >= 0.3 is 0 Å². The summed E-state index contributed by atoms with van der Waals surface area (Å²) in [5.74, 6) is 1.60. The summed E-state index contributed by atoms with van der Waals surface area (Å²) in [5.41, 5.74) is 0.968. The van der Waals surface area contributed by atoms with Crippen molar-refractivity contribution in [3.8, 4) is 23.0 Å². The molecule has 0 spiro atoms. The SMILES string of the molecule is CCOc1cc(C(=O)Nc2ccc3c(c2)OCC(C)(C)C(=O)N3CC)cc(OCC)c1OCC. The number of rotatable bonds is 9. The van der Waals surface area contributed by atoms with Gasteiger partial charge < -0.3 is 29.2 Å². The number of ether oxygens (including phenoxy) is 4. The van der Waals surface area contributed by atoms with Gasteiger partial charge in [0, 0.05) is 23.9 Å². The average Bonchev–Trinajstić information content (AvgIpc) is 2.90. The van der Waals surface area contributed by atoms with E-state index in [1.807, 2.05) is 41.5 Å². The number of carbonyl (C=O) groups excluding carboxylic acids is 2. The number of nitrogens with zero attached hydrogens (tertiary/aromatic N) is 1. The highest BCUT2D eigenvalue weighted by Crippen LogP contribution is 2.40. The second-order valence-electron chi connectivity index (χ2n) is 8.46. The smallest absolute Gasteiger partial charge is 0.255 e. The molecule has 0 atom stereocenters. The number of benzene rings is 2. The molecule has 0 fully saturated rings. The molecule has 0 bridgehead atoms. The molecule has 0 aliphatic carbocycles. The van der Waals surface area contributed by atoms with Crippen molar-refractivity contribution in [2.24, 2.45) is 5.41 Å². The van der Waals surface area contributed by atoms with Crippen LogP contribution in [0.5, 0.6) is 23.0 Å². The topological polar surface area (TPSA) is 86.3 Å². The fourth-order valence-electron chi connectivity index (χ4n) is 3.76. The van der Waals surface area contributed by atoms with E-state index in [1.165, 1.54) is 0 Å². The number of fused-ring (bicyclic) bond motifs is 1. The lowest BCUT2D eigenvalue weighted by Gasteiger charge is -2.26. The normalized spacial score (nSPS) is 14.5.